The number of hydrogen-bond donors (Lipinski definition) is 1. The van der Waals surface area contributed by atoms with E-state index in [-0.39, 0.29) is 18.7 Å². The molecule has 0 spiro atoms. The molecule has 7 heteroatoms. The monoisotopic (exact) mass is 325 g/mol. The van der Waals surface area contributed by atoms with Gasteiger partial charge < -0.3 is 10.1 Å². The van der Waals surface area contributed by atoms with Crippen molar-refractivity contribution in [3.63, 3.8) is 0 Å². The SMILES string of the molecule is O=C(NCCOCC(F)F)c1ccc(F)cc1Br. The van der Waals surface area contributed by atoms with Crippen LogP contribution in [0.4, 0.5) is 13.2 Å². The number of carbonyl (C=O) groups excluding carboxylic acids is 1. The van der Waals surface area contributed by atoms with Crippen molar-refractivity contribution in [2.45, 2.75) is 6.43 Å². The van der Waals surface area contributed by atoms with Gasteiger partial charge in [0.05, 0.1) is 12.2 Å². The third kappa shape index (κ3) is 5.05. The average Bonchev–Trinajstić information content (AvgIpc) is 2.27. The number of alkyl halides is 2. The number of amides is 1. The van der Waals surface area contributed by atoms with E-state index >= 15 is 0 Å². The molecule has 3 nitrogen and oxygen atoms in total. The lowest BCUT2D eigenvalue weighted by Crippen LogP contribution is -2.28. The van der Waals surface area contributed by atoms with Gasteiger partial charge in [-0.05, 0) is 34.1 Å². The van der Waals surface area contributed by atoms with E-state index in [1.165, 1.54) is 12.1 Å². The molecule has 0 aromatic heterocycles. The van der Waals surface area contributed by atoms with Crippen LogP contribution in [-0.4, -0.2) is 32.1 Å². The number of halogens is 4. The molecule has 1 rings (SSSR count). The molecule has 0 atom stereocenters. The number of ether oxygens (including phenoxy) is 1. The fourth-order valence-corrected chi connectivity index (χ4v) is 1.71. The van der Waals surface area contributed by atoms with Crippen molar-refractivity contribution in [1.29, 1.82) is 0 Å². The summed E-state index contributed by atoms with van der Waals surface area (Å²) < 4.78 is 41.2. The molecule has 0 unspecified atom stereocenters. The standard InChI is InChI=1S/C11H11BrF3NO2/c12-9-5-7(13)1-2-8(9)11(17)16-3-4-18-6-10(14)15/h1-2,5,10H,3-4,6H2,(H,16,17). The van der Waals surface area contributed by atoms with Gasteiger partial charge in [0.25, 0.3) is 12.3 Å². The lowest BCUT2D eigenvalue weighted by molar-refractivity contribution is 0.0188. The molecular formula is C11H11BrF3NO2. The van der Waals surface area contributed by atoms with Crippen molar-refractivity contribution >= 4 is 21.8 Å². The molecule has 0 saturated heterocycles. The minimum absolute atomic E-state index is 0.00507. The second kappa shape index (κ2) is 7.38. The van der Waals surface area contributed by atoms with Crippen LogP contribution in [0.1, 0.15) is 10.4 Å². The Hall–Kier alpha value is -1.08. The molecule has 1 aromatic rings. The van der Waals surface area contributed by atoms with Gasteiger partial charge in [-0.15, -0.1) is 0 Å². The van der Waals surface area contributed by atoms with Crippen molar-refractivity contribution in [1.82, 2.24) is 5.32 Å². The van der Waals surface area contributed by atoms with Gasteiger partial charge in [0.15, 0.2) is 0 Å². The normalized spacial score (nSPS) is 10.7. The Labute approximate surface area is 110 Å². The van der Waals surface area contributed by atoms with E-state index in [4.69, 9.17) is 0 Å². The highest BCUT2D eigenvalue weighted by atomic mass is 79.9. The number of carbonyl (C=O) groups is 1. The van der Waals surface area contributed by atoms with E-state index in [2.05, 4.69) is 26.0 Å². The Morgan fingerprint density at radius 3 is 2.78 bits per heavy atom. The first-order valence-electron chi connectivity index (χ1n) is 5.10. The highest BCUT2D eigenvalue weighted by Gasteiger charge is 2.10. The minimum atomic E-state index is -2.52. The van der Waals surface area contributed by atoms with Crippen LogP contribution in [0, 0.1) is 5.82 Å². The first kappa shape index (κ1) is 15.0. The van der Waals surface area contributed by atoms with E-state index in [1.807, 2.05) is 0 Å². The van der Waals surface area contributed by atoms with E-state index in [0.29, 0.717) is 4.47 Å². The van der Waals surface area contributed by atoms with Gasteiger partial charge in [-0.3, -0.25) is 4.79 Å². The third-order valence-electron chi connectivity index (χ3n) is 1.95. The summed E-state index contributed by atoms with van der Waals surface area (Å²) in [6, 6.07) is 3.66. The maximum absolute atomic E-state index is 12.8. The van der Waals surface area contributed by atoms with Crippen LogP contribution in [0.3, 0.4) is 0 Å². The predicted octanol–water partition coefficient (Wildman–Crippen LogP) is 2.60. The van der Waals surface area contributed by atoms with Gasteiger partial charge in [-0.1, -0.05) is 0 Å². The van der Waals surface area contributed by atoms with Crippen LogP contribution in [0.25, 0.3) is 0 Å². The molecule has 0 radical (unpaired) electrons. The largest absolute Gasteiger partial charge is 0.374 e. The molecule has 1 amide bonds. The third-order valence-corrected chi connectivity index (χ3v) is 2.61. The maximum atomic E-state index is 12.8. The van der Waals surface area contributed by atoms with Crippen molar-refractivity contribution in [2.24, 2.45) is 0 Å². The van der Waals surface area contributed by atoms with E-state index in [0.717, 1.165) is 6.07 Å². The molecular weight excluding hydrogens is 315 g/mol. The molecule has 0 aliphatic rings. The second-order valence-electron chi connectivity index (χ2n) is 3.35. The zero-order valence-electron chi connectivity index (χ0n) is 9.26. The van der Waals surface area contributed by atoms with Crippen molar-refractivity contribution in [3.8, 4) is 0 Å². The Bertz CT molecular complexity index is 415. The Morgan fingerprint density at radius 2 is 2.17 bits per heavy atom. The maximum Gasteiger partial charge on any atom is 0.261 e. The van der Waals surface area contributed by atoms with E-state index < -0.39 is 24.8 Å². The van der Waals surface area contributed by atoms with Crippen LogP contribution in [0.15, 0.2) is 22.7 Å². The summed E-state index contributed by atoms with van der Waals surface area (Å²) in [5.74, 6) is -0.888. The Balaban J connectivity index is 2.36. The summed E-state index contributed by atoms with van der Waals surface area (Å²) in [6.07, 6.45) is -2.52. The Morgan fingerprint density at radius 1 is 1.44 bits per heavy atom. The molecule has 0 heterocycles. The molecule has 100 valence electrons. The van der Waals surface area contributed by atoms with Crippen molar-refractivity contribution in [3.05, 3.63) is 34.1 Å². The highest BCUT2D eigenvalue weighted by Crippen LogP contribution is 2.17. The van der Waals surface area contributed by atoms with E-state index in [1.54, 1.807) is 0 Å². The molecule has 1 N–H and O–H groups in total. The number of nitrogens with one attached hydrogen (secondary N) is 1. The first-order chi connectivity index (χ1) is 8.50. The highest BCUT2D eigenvalue weighted by molar-refractivity contribution is 9.10. The van der Waals surface area contributed by atoms with Crippen LogP contribution >= 0.6 is 15.9 Å². The second-order valence-corrected chi connectivity index (χ2v) is 4.20. The van der Waals surface area contributed by atoms with Crippen LogP contribution < -0.4 is 5.32 Å². The predicted molar refractivity (Wildman–Crippen MR) is 63.3 cm³/mol. The number of rotatable bonds is 6. The molecule has 18 heavy (non-hydrogen) atoms. The summed E-state index contributed by atoms with van der Waals surface area (Å²) >= 11 is 3.06. The molecule has 0 fully saturated rings. The van der Waals surface area contributed by atoms with Crippen LogP contribution in [0.2, 0.25) is 0 Å². The minimum Gasteiger partial charge on any atom is -0.374 e. The van der Waals surface area contributed by atoms with Gasteiger partial charge in [-0.25, -0.2) is 13.2 Å². The van der Waals surface area contributed by atoms with E-state index in [9.17, 15) is 18.0 Å². The fourth-order valence-electron chi connectivity index (χ4n) is 1.18. The van der Waals surface area contributed by atoms with Gasteiger partial charge >= 0.3 is 0 Å². The molecule has 0 aliphatic heterocycles. The topological polar surface area (TPSA) is 38.3 Å². The average molecular weight is 326 g/mol. The summed E-state index contributed by atoms with van der Waals surface area (Å²) in [6.45, 7) is -0.555. The number of hydrogen-bond acceptors (Lipinski definition) is 2. The van der Waals surface area contributed by atoms with Gasteiger partial charge in [0.2, 0.25) is 0 Å². The van der Waals surface area contributed by atoms with Gasteiger partial charge in [-0.2, -0.15) is 0 Å². The summed E-state index contributed by atoms with van der Waals surface area (Å²) in [7, 11) is 0. The van der Waals surface area contributed by atoms with Crippen molar-refractivity contribution < 1.29 is 22.7 Å². The number of benzene rings is 1. The molecule has 0 saturated carbocycles. The van der Waals surface area contributed by atoms with Crippen LogP contribution in [0.5, 0.6) is 0 Å². The smallest absolute Gasteiger partial charge is 0.261 e. The molecule has 0 bridgehead atoms. The zero-order chi connectivity index (χ0) is 13.5. The lowest BCUT2D eigenvalue weighted by Gasteiger charge is -2.07. The molecule has 0 aliphatic carbocycles. The quantitative estimate of drug-likeness (QED) is 0.816. The van der Waals surface area contributed by atoms with Gasteiger partial charge in [0.1, 0.15) is 12.4 Å². The molecule has 1 aromatic carbocycles. The zero-order valence-corrected chi connectivity index (χ0v) is 10.8. The summed E-state index contributed by atoms with van der Waals surface area (Å²) in [4.78, 5) is 11.6. The fraction of sp³-hybridized carbons (Fsp3) is 0.364. The van der Waals surface area contributed by atoms with Crippen LogP contribution in [-0.2, 0) is 4.74 Å². The Kier molecular flexibility index (Phi) is 6.14. The summed E-state index contributed by atoms with van der Waals surface area (Å²) in [5.41, 5.74) is 0.269. The summed E-state index contributed by atoms with van der Waals surface area (Å²) in [5, 5.41) is 2.47. The first-order valence-corrected chi connectivity index (χ1v) is 5.89. The van der Waals surface area contributed by atoms with Crippen molar-refractivity contribution in [2.75, 3.05) is 19.8 Å². The van der Waals surface area contributed by atoms with Gasteiger partial charge in [0, 0.05) is 11.0 Å². The lowest BCUT2D eigenvalue weighted by atomic mass is 10.2.